The molecular weight excluding hydrogens is 400 g/mol. The van der Waals surface area contributed by atoms with Gasteiger partial charge in [-0.05, 0) is 36.1 Å². The summed E-state index contributed by atoms with van der Waals surface area (Å²) in [7, 11) is -3.45. The normalized spacial score (nSPS) is 16.8. The van der Waals surface area contributed by atoms with Crippen LogP contribution in [0.15, 0.2) is 59.5 Å². The van der Waals surface area contributed by atoms with Crippen molar-refractivity contribution in [1.82, 2.24) is 9.62 Å². The minimum Gasteiger partial charge on any atom is -0.299 e. The molecule has 0 saturated carbocycles. The van der Waals surface area contributed by atoms with Gasteiger partial charge >= 0.3 is 0 Å². The average Bonchev–Trinajstić information content (AvgIpc) is 2.64. The van der Waals surface area contributed by atoms with Gasteiger partial charge in [-0.25, -0.2) is 13.1 Å². The second-order valence-corrected chi connectivity index (χ2v) is 8.71. The minimum absolute atomic E-state index is 0.00729. The zero-order valence-electron chi connectivity index (χ0n) is 14.1. The molecule has 0 spiro atoms. The van der Waals surface area contributed by atoms with Gasteiger partial charge in [-0.1, -0.05) is 58.4 Å². The molecule has 1 N–H and O–H groups in total. The Morgan fingerprint density at radius 3 is 2.20 bits per heavy atom. The highest BCUT2D eigenvalue weighted by Gasteiger charge is 2.24. The van der Waals surface area contributed by atoms with Gasteiger partial charge in [-0.15, -0.1) is 0 Å². The topological polar surface area (TPSA) is 49.4 Å². The molecule has 0 atom stereocenters. The number of nitrogens with zero attached hydrogens (tertiary/aromatic N) is 1. The van der Waals surface area contributed by atoms with E-state index < -0.39 is 10.0 Å². The van der Waals surface area contributed by atoms with Crippen molar-refractivity contribution in [2.75, 3.05) is 13.1 Å². The minimum atomic E-state index is -3.45. The predicted molar refractivity (Wildman–Crippen MR) is 104 cm³/mol. The highest BCUT2D eigenvalue weighted by atomic mass is 79.9. The lowest BCUT2D eigenvalue weighted by molar-refractivity contribution is 0.200. The van der Waals surface area contributed by atoms with Crippen molar-refractivity contribution in [3.05, 3.63) is 65.7 Å². The van der Waals surface area contributed by atoms with E-state index in [1.807, 2.05) is 18.2 Å². The molecule has 6 heteroatoms. The third-order valence-electron chi connectivity index (χ3n) is 4.55. The first-order valence-electron chi connectivity index (χ1n) is 8.50. The summed E-state index contributed by atoms with van der Waals surface area (Å²) in [5, 5.41) is 0.723. The molecule has 4 nitrogen and oxygen atoms in total. The summed E-state index contributed by atoms with van der Waals surface area (Å²) < 4.78 is 27.9. The third kappa shape index (κ3) is 5.14. The number of nitrogens with one attached hydrogen (secondary N) is 1. The Morgan fingerprint density at radius 2 is 1.60 bits per heavy atom. The number of rotatable bonds is 6. The molecule has 1 aliphatic rings. The van der Waals surface area contributed by atoms with Crippen LogP contribution in [0.5, 0.6) is 0 Å². The fourth-order valence-corrected chi connectivity index (χ4v) is 4.77. The monoisotopic (exact) mass is 422 g/mol. The number of benzene rings is 2. The molecule has 3 rings (SSSR count). The maximum Gasteiger partial charge on any atom is 0.240 e. The van der Waals surface area contributed by atoms with Crippen LogP contribution < -0.4 is 4.72 Å². The van der Waals surface area contributed by atoms with E-state index in [2.05, 4.69) is 49.8 Å². The first-order valence-corrected chi connectivity index (χ1v) is 11.1. The summed E-state index contributed by atoms with van der Waals surface area (Å²) in [5.41, 5.74) is 2.36. The number of hydrogen-bond donors (Lipinski definition) is 1. The summed E-state index contributed by atoms with van der Waals surface area (Å²) in [6.07, 6.45) is 1.68. The van der Waals surface area contributed by atoms with Crippen LogP contribution in [0.2, 0.25) is 0 Å². The van der Waals surface area contributed by atoms with Crippen molar-refractivity contribution >= 4 is 26.0 Å². The Morgan fingerprint density at radius 1 is 0.960 bits per heavy atom. The Kier molecular flexibility index (Phi) is 6.28. The van der Waals surface area contributed by atoms with E-state index in [1.54, 1.807) is 12.1 Å². The van der Waals surface area contributed by atoms with Crippen LogP contribution in [0.25, 0.3) is 0 Å². The van der Waals surface area contributed by atoms with E-state index >= 15 is 0 Å². The van der Waals surface area contributed by atoms with Crippen LogP contribution in [0.3, 0.4) is 0 Å². The predicted octanol–water partition coefficient (Wildman–Crippen LogP) is 3.52. The summed E-state index contributed by atoms with van der Waals surface area (Å²) >= 11 is 3.37. The van der Waals surface area contributed by atoms with Crippen molar-refractivity contribution < 1.29 is 8.42 Å². The maximum atomic E-state index is 12.5. The first-order chi connectivity index (χ1) is 12.1. The molecule has 1 aliphatic heterocycles. The molecule has 2 aromatic rings. The van der Waals surface area contributed by atoms with Gasteiger partial charge in [0.2, 0.25) is 10.0 Å². The van der Waals surface area contributed by atoms with Crippen LogP contribution in [-0.2, 0) is 21.9 Å². The number of likely N-dealkylation sites (tertiary alicyclic amines) is 1. The van der Waals surface area contributed by atoms with Gasteiger partial charge < -0.3 is 0 Å². The Bertz CT molecular complexity index is 771. The van der Waals surface area contributed by atoms with Crippen LogP contribution in [0.4, 0.5) is 0 Å². The summed E-state index contributed by atoms with van der Waals surface area (Å²) in [6, 6.07) is 17.4. The van der Waals surface area contributed by atoms with Crippen LogP contribution in [0, 0.1) is 0 Å². The van der Waals surface area contributed by atoms with Crippen molar-refractivity contribution in [3.63, 3.8) is 0 Å². The van der Waals surface area contributed by atoms with Crippen molar-refractivity contribution in [2.24, 2.45) is 0 Å². The maximum absolute atomic E-state index is 12.5. The fourth-order valence-electron chi connectivity index (χ4n) is 3.10. The zero-order chi connectivity index (χ0) is 17.7. The highest BCUT2D eigenvalue weighted by Crippen LogP contribution is 2.18. The lowest BCUT2D eigenvalue weighted by Gasteiger charge is -2.32. The SMILES string of the molecule is O=S(=O)(NC1CCN(Cc2ccccc2)CC1)c1ccc(CBr)cc1. The van der Waals surface area contributed by atoms with Gasteiger partial charge in [-0.2, -0.15) is 0 Å². The molecule has 0 aromatic heterocycles. The molecule has 25 heavy (non-hydrogen) atoms. The molecule has 1 heterocycles. The van der Waals surface area contributed by atoms with Gasteiger partial charge in [0, 0.05) is 31.0 Å². The van der Waals surface area contributed by atoms with Gasteiger partial charge in [-0.3, -0.25) is 4.90 Å². The smallest absolute Gasteiger partial charge is 0.240 e. The zero-order valence-corrected chi connectivity index (χ0v) is 16.5. The van der Waals surface area contributed by atoms with E-state index in [-0.39, 0.29) is 6.04 Å². The summed E-state index contributed by atoms with van der Waals surface area (Å²) in [5.74, 6) is 0. The molecule has 0 unspecified atom stereocenters. The lowest BCUT2D eigenvalue weighted by Crippen LogP contribution is -2.44. The quantitative estimate of drug-likeness (QED) is 0.724. The fraction of sp³-hybridized carbons (Fsp3) is 0.368. The highest BCUT2D eigenvalue weighted by molar-refractivity contribution is 9.08. The van der Waals surface area contributed by atoms with E-state index in [0.717, 1.165) is 43.4 Å². The number of alkyl halides is 1. The Balaban J connectivity index is 1.54. The van der Waals surface area contributed by atoms with Crippen LogP contribution in [0.1, 0.15) is 24.0 Å². The molecule has 0 bridgehead atoms. The van der Waals surface area contributed by atoms with Crippen LogP contribution >= 0.6 is 15.9 Å². The van der Waals surface area contributed by atoms with Gasteiger partial charge in [0.1, 0.15) is 0 Å². The number of piperidine rings is 1. The molecule has 134 valence electrons. The standard InChI is InChI=1S/C19H23BrN2O2S/c20-14-16-6-8-19(9-7-16)25(23,24)21-18-10-12-22(13-11-18)15-17-4-2-1-3-5-17/h1-9,18,21H,10-15H2. The third-order valence-corrected chi connectivity index (χ3v) is 6.73. The molecule has 0 amide bonds. The van der Waals surface area contributed by atoms with E-state index in [4.69, 9.17) is 0 Å². The van der Waals surface area contributed by atoms with Gasteiger partial charge in [0.15, 0.2) is 0 Å². The number of hydrogen-bond acceptors (Lipinski definition) is 3. The molecule has 1 fully saturated rings. The van der Waals surface area contributed by atoms with Crippen molar-refractivity contribution in [2.45, 2.75) is 35.7 Å². The number of sulfonamides is 1. The van der Waals surface area contributed by atoms with Crippen molar-refractivity contribution in [3.8, 4) is 0 Å². The first kappa shape index (κ1) is 18.6. The number of halogens is 1. The van der Waals surface area contributed by atoms with E-state index in [0.29, 0.717) is 4.90 Å². The molecule has 2 aromatic carbocycles. The van der Waals surface area contributed by atoms with Gasteiger partial charge in [0.05, 0.1) is 4.90 Å². The molecule has 0 aliphatic carbocycles. The average molecular weight is 423 g/mol. The second-order valence-electron chi connectivity index (χ2n) is 6.43. The van der Waals surface area contributed by atoms with E-state index in [9.17, 15) is 8.42 Å². The molecule has 0 radical (unpaired) electrons. The summed E-state index contributed by atoms with van der Waals surface area (Å²) in [6.45, 7) is 2.74. The van der Waals surface area contributed by atoms with Gasteiger partial charge in [0.25, 0.3) is 0 Å². The Hall–Kier alpha value is -1.21. The second kappa shape index (κ2) is 8.45. The lowest BCUT2D eigenvalue weighted by atomic mass is 10.1. The van der Waals surface area contributed by atoms with Crippen molar-refractivity contribution in [1.29, 1.82) is 0 Å². The largest absolute Gasteiger partial charge is 0.299 e. The Labute approximate surface area is 158 Å². The molecule has 1 saturated heterocycles. The summed E-state index contributed by atoms with van der Waals surface area (Å²) in [4.78, 5) is 2.72. The van der Waals surface area contributed by atoms with Crippen LogP contribution in [-0.4, -0.2) is 32.4 Å². The molecular formula is C19H23BrN2O2S. The van der Waals surface area contributed by atoms with E-state index in [1.165, 1.54) is 5.56 Å².